The summed E-state index contributed by atoms with van der Waals surface area (Å²) in [5, 5.41) is 10.3. The van der Waals surface area contributed by atoms with Crippen LogP contribution in [0.25, 0.3) is 10.9 Å². The van der Waals surface area contributed by atoms with Gasteiger partial charge in [-0.2, -0.15) is 0 Å². The lowest BCUT2D eigenvalue weighted by Gasteiger charge is -2.65. The molecule has 0 radical (unpaired) electrons. The number of anilines is 1. The second kappa shape index (κ2) is 8.71. The number of carbonyl (C=O) groups excluding carboxylic acids is 2. The number of nitrogens with zero attached hydrogens (tertiary/aromatic N) is 2. The Morgan fingerprint density at radius 1 is 1.18 bits per heavy atom. The van der Waals surface area contributed by atoms with E-state index < -0.39 is 6.04 Å². The Morgan fingerprint density at radius 2 is 1.97 bits per heavy atom. The summed E-state index contributed by atoms with van der Waals surface area (Å²) in [4.78, 5) is 34.4. The average molecular weight is 466 g/mol. The minimum Gasteiger partial charge on any atom is -0.467 e. The highest BCUT2D eigenvalue weighted by atomic mass is 16.5. The standard InChI is InChI=1S/C26H35N5O3/c1-16(2)21(23(32)34-3)30-22-18-8-4-5-9-19(18)28-20(29-22)13-27-24(33)31-26-12-17-7-6-10-25(11-17,14-26)15-26/h4-5,8-9,16-17,21H,6-7,10-15H2,1-3H3,(H2,27,31,33)(H,28,29,30)/t17-,21+,25-,26+/m1/s1. The van der Waals surface area contributed by atoms with Crippen molar-refractivity contribution in [2.24, 2.45) is 17.3 Å². The van der Waals surface area contributed by atoms with Crippen LogP contribution in [0.3, 0.4) is 0 Å². The van der Waals surface area contributed by atoms with Crippen LogP contribution < -0.4 is 16.0 Å². The van der Waals surface area contributed by atoms with Gasteiger partial charge in [-0.3, -0.25) is 0 Å². The predicted octanol–water partition coefficient (Wildman–Crippen LogP) is 4.15. The number of esters is 1. The first kappa shape index (κ1) is 22.9. The van der Waals surface area contributed by atoms with Crippen LogP contribution in [0, 0.1) is 17.3 Å². The zero-order chi connectivity index (χ0) is 23.9. The number of fused-ring (bicyclic) bond motifs is 1. The molecule has 4 saturated carbocycles. The molecule has 1 aromatic carbocycles. The number of urea groups is 1. The Kier molecular flexibility index (Phi) is 5.86. The topological polar surface area (TPSA) is 105 Å². The summed E-state index contributed by atoms with van der Waals surface area (Å²) in [5.41, 5.74) is 1.21. The molecule has 2 atom stereocenters. The Bertz CT molecular complexity index is 1090. The van der Waals surface area contributed by atoms with Crippen LogP contribution in [0.2, 0.25) is 0 Å². The molecule has 6 rings (SSSR count). The monoisotopic (exact) mass is 465 g/mol. The SMILES string of the molecule is COC(=O)[C@@H](Nc1nc(CNC(=O)N[C@]23C[C@@H]4CCC[C@](C4)(C2)C3)nc2ccccc12)C(C)C. The number of methoxy groups -OCH3 is 1. The van der Waals surface area contributed by atoms with Gasteiger partial charge in [-0.05, 0) is 61.5 Å². The summed E-state index contributed by atoms with van der Waals surface area (Å²) < 4.78 is 4.97. The van der Waals surface area contributed by atoms with Crippen molar-refractivity contribution in [2.75, 3.05) is 12.4 Å². The summed E-state index contributed by atoms with van der Waals surface area (Å²) in [7, 11) is 1.38. The maximum Gasteiger partial charge on any atom is 0.328 e. The van der Waals surface area contributed by atoms with Crippen LogP contribution in [0.5, 0.6) is 0 Å². The lowest BCUT2D eigenvalue weighted by Crippen LogP contribution is -2.68. The number of para-hydroxylation sites is 1. The van der Waals surface area contributed by atoms with Gasteiger partial charge in [0.15, 0.2) is 5.82 Å². The molecule has 0 saturated heterocycles. The number of ether oxygens (including phenoxy) is 1. The molecule has 4 aliphatic rings. The van der Waals surface area contributed by atoms with E-state index in [1.54, 1.807) is 0 Å². The van der Waals surface area contributed by atoms with Crippen LogP contribution in [0.1, 0.15) is 64.6 Å². The molecule has 0 aliphatic heterocycles. The second-order valence-corrected chi connectivity index (χ2v) is 11.0. The van der Waals surface area contributed by atoms with E-state index in [-0.39, 0.29) is 30.0 Å². The summed E-state index contributed by atoms with van der Waals surface area (Å²) >= 11 is 0. The first-order valence-electron chi connectivity index (χ1n) is 12.5. The number of benzene rings is 1. The first-order chi connectivity index (χ1) is 16.3. The van der Waals surface area contributed by atoms with Crippen molar-refractivity contribution in [2.45, 2.75) is 76.9 Å². The van der Waals surface area contributed by atoms with Gasteiger partial charge in [0, 0.05) is 10.9 Å². The largest absolute Gasteiger partial charge is 0.467 e. The summed E-state index contributed by atoms with van der Waals surface area (Å²) in [6.45, 7) is 4.11. The van der Waals surface area contributed by atoms with Crippen molar-refractivity contribution in [1.82, 2.24) is 20.6 Å². The fourth-order valence-corrected chi connectivity index (χ4v) is 6.83. The Hall–Kier alpha value is -2.90. The van der Waals surface area contributed by atoms with Crippen LogP contribution in [-0.4, -0.2) is 40.7 Å². The van der Waals surface area contributed by atoms with Gasteiger partial charge in [0.1, 0.15) is 11.9 Å². The number of amides is 2. The van der Waals surface area contributed by atoms with Crippen LogP contribution in [0.4, 0.5) is 10.6 Å². The van der Waals surface area contributed by atoms with Crippen molar-refractivity contribution in [3.8, 4) is 0 Å². The number of nitrogens with one attached hydrogen (secondary N) is 3. The van der Waals surface area contributed by atoms with Crippen molar-refractivity contribution in [1.29, 1.82) is 0 Å². The quantitative estimate of drug-likeness (QED) is 0.531. The molecule has 4 aliphatic carbocycles. The normalized spacial score (nSPS) is 28.1. The van der Waals surface area contributed by atoms with Gasteiger partial charge in [0.05, 0.1) is 19.2 Å². The molecule has 34 heavy (non-hydrogen) atoms. The molecule has 2 amide bonds. The van der Waals surface area contributed by atoms with Gasteiger partial charge < -0.3 is 20.7 Å². The van der Waals surface area contributed by atoms with E-state index in [1.807, 2.05) is 38.1 Å². The fraction of sp³-hybridized carbons (Fsp3) is 0.615. The number of hydrogen-bond acceptors (Lipinski definition) is 6. The van der Waals surface area contributed by atoms with Gasteiger partial charge in [-0.1, -0.05) is 38.8 Å². The van der Waals surface area contributed by atoms with E-state index in [0.29, 0.717) is 17.1 Å². The van der Waals surface area contributed by atoms with Crippen molar-refractivity contribution >= 4 is 28.7 Å². The molecular weight excluding hydrogens is 430 g/mol. The zero-order valence-electron chi connectivity index (χ0n) is 20.3. The van der Waals surface area contributed by atoms with E-state index in [4.69, 9.17) is 4.74 Å². The van der Waals surface area contributed by atoms with E-state index in [1.165, 1.54) is 32.8 Å². The molecule has 0 unspecified atom stereocenters. The van der Waals surface area contributed by atoms with Gasteiger partial charge in [-0.15, -0.1) is 0 Å². The minimum absolute atomic E-state index is 0.00791. The maximum atomic E-state index is 12.8. The zero-order valence-corrected chi connectivity index (χ0v) is 20.3. The van der Waals surface area contributed by atoms with Crippen LogP contribution >= 0.6 is 0 Å². The predicted molar refractivity (Wildman–Crippen MR) is 130 cm³/mol. The molecule has 3 N–H and O–H groups in total. The molecule has 8 nitrogen and oxygen atoms in total. The lowest BCUT2D eigenvalue weighted by molar-refractivity contribution is -0.142. The van der Waals surface area contributed by atoms with Gasteiger partial charge in [0.25, 0.3) is 0 Å². The summed E-state index contributed by atoms with van der Waals surface area (Å²) in [6.07, 6.45) is 8.66. The van der Waals surface area contributed by atoms with Crippen molar-refractivity contribution < 1.29 is 14.3 Å². The molecule has 1 spiro atoms. The van der Waals surface area contributed by atoms with Gasteiger partial charge in [-0.25, -0.2) is 19.6 Å². The third-order valence-corrected chi connectivity index (χ3v) is 8.00. The molecule has 182 valence electrons. The van der Waals surface area contributed by atoms with Crippen LogP contribution in [0.15, 0.2) is 24.3 Å². The third-order valence-electron chi connectivity index (χ3n) is 8.00. The third kappa shape index (κ3) is 4.30. The minimum atomic E-state index is -0.539. The fourth-order valence-electron chi connectivity index (χ4n) is 6.83. The van der Waals surface area contributed by atoms with Crippen molar-refractivity contribution in [3.63, 3.8) is 0 Å². The molecular formula is C26H35N5O3. The van der Waals surface area contributed by atoms with Crippen LogP contribution in [-0.2, 0) is 16.1 Å². The number of aromatic nitrogens is 2. The lowest BCUT2D eigenvalue weighted by atomic mass is 9.43. The van der Waals surface area contributed by atoms with E-state index in [0.717, 1.165) is 36.1 Å². The van der Waals surface area contributed by atoms with Crippen molar-refractivity contribution in [3.05, 3.63) is 30.1 Å². The number of rotatable bonds is 7. The second-order valence-electron chi connectivity index (χ2n) is 11.0. The Balaban J connectivity index is 1.28. The number of hydrogen-bond donors (Lipinski definition) is 3. The Morgan fingerprint density at radius 3 is 2.71 bits per heavy atom. The smallest absolute Gasteiger partial charge is 0.328 e. The molecule has 1 aromatic heterocycles. The molecule has 1 heterocycles. The van der Waals surface area contributed by atoms with E-state index in [2.05, 4.69) is 25.9 Å². The van der Waals surface area contributed by atoms with E-state index in [9.17, 15) is 9.59 Å². The maximum absolute atomic E-state index is 12.8. The summed E-state index contributed by atoms with van der Waals surface area (Å²) in [5.74, 6) is 1.48. The highest BCUT2D eigenvalue weighted by Crippen LogP contribution is 2.65. The highest BCUT2D eigenvalue weighted by Gasteiger charge is 2.61. The molecule has 2 aromatic rings. The average Bonchev–Trinajstić information content (AvgIpc) is 2.79. The first-order valence-corrected chi connectivity index (χ1v) is 12.5. The highest BCUT2D eigenvalue weighted by molar-refractivity contribution is 5.91. The summed E-state index contributed by atoms with van der Waals surface area (Å²) in [6, 6.07) is 6.95. The van der Waals surface area contributed by atoms with E-state index >= 15 is 0 Å². The Labute approximate surface area is 200 Å². The van der Waals surface area contributed by atoms with Gasteiger partial charge in [0.2, 0.25) is 0 Å². The number of carbonyl (C=O) groups is 2. The van der Waals surface area contributed by atoms with Gasteiger partial charge >= 0.3 is 12.0 Å². The molecule has 8 heteroatoms. The molecule has 3 bridgehead atoms. The molecule has 4 fully saturated rings.